The number of morpholine rings is 1. The van der Waals surface area contributed by atoms with Crippen LogP contribution < -0.4 is 10.2 Å². The first kappa shape index (κ1) is 15.0. The smallest absolute Gasteiger partial charge is 0.137 e. The average molecular weight is 278 g/mol. The molecule has 1 aliphatic heterocycles. The summed E-state index contributed by atoms with van der Waals surface area (Å²) in [6.45, 7) is 13.3. The van der Waals surface area contributed by atoms with Crippen LogP contribution in [0.4, 0.5) is 11.6 Å². The van der Waals surface area contributed by atoms with E-state index in [0.29, 0.717) is 5.92 Å². The summed E-state index contributed by atoms with van der Waals surface area (Å²) in [6, 6.07) is 0. The van der Waals surface area contributed by atoms with Crippen molar-refractivity contribution in [1.29, 1.82) is 0 Å². The van der Waals surface area contributed by atoms with Gasteiger partial charge < -0.3 is 15.0 Å². The molecule has 1 aromatic heterocycles. The van der Waals surface area contributed by atoms with E-state index in [1.54, 1.807) is 6.33 Å². The summed E-state index contributed by atoms with van der Waals surface area (Å²) < 4.78 is 5.82. The Labute approximate surface area is 121 Å². The van der Waals surface area contributed by atoms with Crippen molar-refractivity contribution in [3.05, 3.63) is 11.9 Å². The van der Waals surface area contributed by atoms with Crippen LogP contribution >= 0.6 is 0 Å². The number of ether oxygens (including phenoxy) is 1. The van der Waals surface area contributed by atoms with E-state index in [-0.39, 0.29) is 12.2 Å². The topological polar surface area (TPSA) is 50.3 Å². The number of nitrogens with one attached hydrogen (secondary N) is 1. The summed E-state index contributed by atoms with van der Waals surface area (Å²) in [5.41, 5.74) is 1.20. The van der Waals surface area contributed by atoms with E-state index < -0.39 is 0 Å². The molecule has 1 saturated heterocycles. The van der Waals surface area contributed by atoms with Crippen LogP contribution in [-0.4, -0.2) is 41.8 Å². The second-order valence-corrected chi connectivity index (χ2v) is 5.81. The highest BCUT2D eigenvalue weighted by atomic mass is 16.5. The van der Waals surface area contributed by atoms with Gasteiger partial charge in [-0.3, -0.25) is 0 Å². The first-order valence-electron chi connectivity index (χ1n) is 7.52. The van der Waals surface area contributed by atoms with Gasteiger partial charge in [-0.05, 0) is 26.7 Å². The summed E-state index contributed by atoms with van der Waals surface area (Å²) in [5.74, 6) is 2.39. The normalized spacial score (nSPS) is 23.2. The summed E-state index contributed by atoms with van der Waals surface area (Å²) in [4.78, 5) is 11.3. The van der Waals surface area contributed by atoms with Crippen molar-refractivity contribution < 1.29 is 4.74 Å². The quantitative estimate of drug-likeness (QED) is 0.917. The van der Waals surface area contributed by atoms with Crippen LogP contribution in [0.3, 0.4) is 0 Å². The van der Waals surface area contributed by atoms with Gasteiger partial charge in [-0.25, -0.2) is 9.97 Å². The van der Waals surface area contributed by atoms with Crippen LogP contribution in [0.15, 0.2) is 6.33 Å². The average Bonchev–Trinajstić information content (AvgIpc) is 2.37. The number of aromatic nitrogens is 2. The molecule has 1 fully saturated rings. The van der Waals surface area contributed by atoms with Crippen molar-refractivity contribution in [2.45, 2.75) is 52.7 Å². The number of nitrogens with zero attached hydrogens (tertiary/aromatic N) is 3. The van der Waals surface area contributed by atoms with Crippen molar-refractivity contribution in [3.8, 4) is 0 Å². The predicted octanol–water partition coefficient (Wildman–Crippen LogP) is 2.65. The van der Waals surface area contributed by atoms with E-state index in [0.717, 1.165) is 31.3 Å². The van der Waals surface area contributed by atoms with Crippen molar-refractivity contribution in [2.75, 3.05) is 29.9 Å². The number of hydrogen-bond donors (Lipinski definition) is 1. The zero-order valence-corrected chi connectivity index (χ0v) is 13.2. The minimum Gasteiger partial charge on any atom is -0.372 e. The molecule has 0 radical (unpaired) electrons. The lowest BCUT2D eigenvalue weighted by Crippen LogP contribution is -2.46. The fourth-order valence-electron chi connectivity index (χ4n) is 2.83. The molecule has 1 aliphatic rings. The van der Waals surface area contributed by atoms with Gasteiger partial charge >= 0.3 is 0 Å². The number of hydrogen-bond acceptors (Lipinski definition) is 5. The number of rotatable bonds is 4. The zero-order chi connectivity index (χ0) is 14.7. The number of anilines is 2. The molecule has 0 bridgehead atoms. The Morgan fingerprint density at radius 1 is 1.30 bits per heavy atom. The highest BCUT2D eigenvalue weighted by Gasteiger charge is 2.27. The van der Waals surface area contributed by atoms with E-state index in [9.17, 15) is 0 Å². The van der Waals surface area contributed by atoms with Gasteiger partial charge in [0.15, 0.2) is 0 Å². The first-order valence-corrected chi connectivity index (χ1v) is 7.52. The molecule has 2 rings (SSSR count). The summed E-state index contributed by atoms with van der Waals surface area (Å²) in [6.07, 6.45) is 2.12. The van der Waals surface area contributed by atoms with Crippen LogP contribution in [0, 0.1) is 0 Å². The molecule has 5 heteroatoms. The van der Waals surface area contributed by atoms with Crippen LogP contribution in [0.5, 0.6) is 0 Å². The zero-order valence-electron chi connectivity index (χ0n) is 13.2. The van der Waals surface area contributed by atoms with Gasteiger partial charge in [-0.15, -0.1) is 0 Å². The summed E-state index contributed by atoms with van der Waals surface area (Å²) in [5, 5.41) is 3.35. The van der Waals surface area contributed by atoms with Crippen molar-refractivity contribution >= 4 is 11.6 Å². The summed E-state index contributed by atoms with van der Waals surface area (Å²) >= 11 is 0. The molecule has 0 unspecified atom stereocenters. The molecule has 1 N–H and O–H groups in total. The molecule has 0 saturated carbocycles. The molecule has 0 spiro atoms. The lowest BCUT2D eigenvalue weighted by molar-refractivity contribution is -0.00552. The van der Waals surface area contributed by atoms with Gasteiger partial charge in [-0.2, -0.15) is 0 Å². The monoisotopic (exact) mass is 278 g/mol. The van der Waals surface area contributed by atoms with Crippen LogP contribution in [0.2, 0.25) is 0 Å². The maximum atomic E-state index is 5.82. The third-order valence-electron chi connectivity index (χ3n) is 3.50. The lowest BCUT2D eigenvalue weighted by atomic mass is 10.0. The maximum absolute atomic E-state index is 5.82. The van der Waals surface area contributed by atoms with E-state index in [1.165, 1.54) is 5.56 Å². The van der Waals surface area contributed by atoms with Gasteiger partial charge in [-0.1, -0.05) is 13.8 Å². The maximum Gasteiger partial charge on any atom is 0.137 e. The second-order valence-electron chi connectivity index (χ2n) is 5.81. The second kappa shape index (κ2) is 6.39. The van der Waals surface area contributed by atoms with E-state index in [2.05, 4.69) is 54.8 Å². The first-order chi connectivity index (χ1) is 9.52. The Morgan fingerprint density at radius 3 is 2.50 bits per heavy atom. The van der Waals surface area contributed by atoms with Gasteiger partial charge in [0.25, 0.3) is 0 Å². The van der Waals surface area contributed by atoms with Gasteiger partial charge in [0.2, 0.25) is 0 Å². The Balaban J connectivity index is 2.37. The molecular weight excluding hydrogens is 252 g/mol. The molecule has 5 nitrogen and oxygen atoms in total. The third kappa shape index (κ3) is 3.20. The Kier molecular flexibility index (Phi) is 4.81. The molecule has 2 heterocycles. The molecule has 0 amide bonds. The lowest BCUT2D eigenvalue weighted by Gasteiger charge is -2.37. The Morgan fingerprint density at radius 2 is 1.95 bits per heavy atom. The van der Waals surface area contributed by atoms with Crippen molar-refractivity contribution in [1.82, 2.24) is 9.97 Å². The Bertz CT molecular complexity index is 439. The van der Waals surface area contributed by atoms with E-state index in [1.807, 2.05) is 0 Å². The fourth-order valence-corrected chi connectivity index (χ4v) is 2.83. The molecule has 112 valence electrons. The minimum absolute atomic E-state index is 0.233. The van der Waals surface area contributed by atoms with E-state index in [4.69, 9.17) is 4.74 Å². The van der Waals surface area contributed by atoms with Gasteiger partial charge in [0.1, 0.15) is 18.0 Å². The fraction of sp³-hybridized carbons (Fsp3) is 0.733. The predicted molar refractivity (Wildman–Crippen MR) is 82.5 cm³/mol. The highest BCUT2D eigenvalue weighted by Crippen LogP contribution is 2.32. The van der Waals surface area contributed by atoms with Crippen LogP contribution in [0.1, 0.15) is 46.1 Å². The highest BCUT2D eigenvalue weighted by molar-refractivity contribution is 5.60. The molecule has 20 heavy (non-hydrogen) atoms. The molecule has 2 atom stereocenters. The third-order valence-corrected chi connectivity index (χ3v) is 3.50. The minimum atomic E-state index is 0.233. The van der Waals surface area contributed by atoms with Crippen LogP contribution in [0.25, 0.3) is 0 Å². The molecule has 0 aromatic carbocycles. The van der Waals surface area contributed by atoms with Gasteiger partial charge in [0.05, 0.1) is 12.2 Å². The molecular formula is C15H26N4O. The van der Waals surface area contributed by atoms with Gasteiger partial charge in [0, 0.05) is 25.2 Å². The van der Waals surface area contributed by atoms with Crippen molar-refractivity contribution in [3.63, 3.8) is 0 Å². The Hall–Kier alpha value is -1.36. The molecule has 1 aromatic rings. The SMILES string of the molecule is CCNc1ncnc(N2C[C@@H](C)O[C@@H](C)C2)c1C(C)C. The van der Waals surface area contributed by atoms with Crippen molar-refractivity contribution in [2.24, 2.45) is 0 Å². The molecule has 0 aliphatic carbocycles. The standard InChI is InChI=1S/C15H26N4O/c1-6-16-14-13(10(2)3)15(18-9-17-14)19-7-11(4)20-12(5)8-19/h9-12H,6-8H2,1-5H3,(H,16,17,18)/t11-,12+. The van der Waals surface area contributed by atoms with E-state index >= 15 is 0 Å². The largest absolute Gasteiger partial charge is 0.372 e. The van der Waals surface area contributed by atoms with Crippen LogP contribution in [-0.2, 0) is 4.74 Å². The summed E-state index contributed by atoms with van der Waals surface area (Å²) in [7, 11) is 0.